The largest absolute Gasteiger partial charge is 0.376 e. The van der Waals surface area contributed by atoms with Crippen molar-refractivity contribution >= 4 is 28.9 Å². The molecule has 0 aliphatic rings. The highest BCUT2D eigenvalue weighted by atomic mass is 16.2. The zero-order valence-corrected chi connectivity index (χ0v) is 16.4. The number of aryl methyl sites for hydroxylation is 2. The number of amides is 2. The van der Waals surface area contributed by atoms with Crippen LogP contribution in [0.25, 0.3) is 0 Å². The van der Waals surface area contributed by atoms with Crippen molar-refractivity contribution in [2.45, 2.75) is 19.8 Å². The highest BCUT2D eigenvalue weighted by Crippen LogP contribution is 2.15. The first kappa shape index (κ1) is 20.1. The predicted molar refractivity (Wildman–Crippen MR) is 118 cm³/mol. The topological polar surface area (TPSA) is 70.2 Å². The average molecular weight is 387 g/mol. The Morgan fingerprint density at radius 1 is 0.724 bits per heavy atom. The van der Waals surface area contributed by atoms with E-state index in [2.05, 4.69) is 16.0 Å². The Labute approximate surface area is 171 Å². The van der Waals surface area contributed by atoms with Crippen molar-refractivity contribution in [2.24, 2.45) is 0 Å². The molecule has 3 aromatic rings. The van der Waals surface area contributed by atoms with Gasteiger partial charge in [0.25, 0.3) is 0 Å². The highest BCUT2D eigenvalue weighted by molar-refractivity contribution is 5.94. The number of rotatable bonds is 8. The fourth-order valence-electron chi connectivity index (χ4n) is 2.91. The molecule has 0 aromatic heterocycles. The van der Waals surface area contributed by atoms with Gasteiger partial charge in [-0.05, 0) is 60.9 Å². The molecule has 148 valence electrons. The summed E-state index contributed by atoms with van der Waals surface area (Å²) in [5.41, 5.74) is 4.58. The zero-order chi connectivity index (χ0) is 20.5. The van der Waals surface area contributed by atoms with Crippen molar-refractivity contribution < 1.29 is 9.59 Å². The first-order chi connectivity index (χ1) is 14.1. The van der Waals surface area contributed by atoms with Gasteiger partial charge in [-0.1, -0.05) is 42.5 Å². The normalized spacial score (nSPS) is 10.2. The first-order valence-corrected chi connectivity index (χ1v) is 9.63. The third-order valence-corrected chi connectivity index (χ3v) is 4.41. The average Bonchev–Trinajstić information content (AvgIpc) is 2.73. The molecule has 0 heterocycles. The Hall–Kier alpha value is -3.60. The van der Waals surface area contributed by atoms with Crippen molar-refractivity contribution in [1.29, 1.82) is 0 Å². The van der Waals surface area contributed by atoms with E-state index in [0.29, 0.717) is 24.2 Å². The fourth-order valence-corrected chi connectivity index (χ4v) is 2.91. The van der Waals surface area contributed by atoms with Gasteiger partial charge in [0.2, 0.25) is 11.8 Å². The molecule has 0 saturated carbocycles. The maximum atomic E-state index is 12.1. The van der Waals surface area contributed by atoms with E-state index in [4.69, 9.17) is 0 Å². The summed E-state index contributed by atoms with van der Waals surface area (Å²) < 4.78 is 0. The van der Waals surface area contributed by atoms with Crippen LogP contribution < -0.4 is 16.0 Å². The van der Waals surface area contributed by atoms with Gasteiger partial charge in [-0.3, -0.25) is 9.59 Å². The molecule has 29 heavy (non-hydrogen) atoms. The van der Waals surface area contributed by atoms with Crippen molar-refractivity contribution in [3.63, 3.8) is 0 Å². The molecule has 0 fully saturated rings. The second-order valence-corrected chi connectivity index (χ2v) is 6.88. The minimum atomic E-state index is -0.133. The predicted octanol–water partition coefficient (Wildman–Crippen LogP) is 4.62. The molecule has 0 bridgehead atoms. The van der Waals surface area contributed by atoms with Crippen molar-refractivity contribution in [2.75, 3.05) is 22.5 Å². The van der Waals surface area contributed by atoms with Gasteiger partial charge in [-0.15, -0.1) is 0 Å². The van der Waals surface area contributed by atoms with E-state index in [0.717, 1.165) is 16.8 Å². The molecule has 0 aliphatic carbocycles. The summed E-state index contributed by atoms with van der Waals surface area (Å²) >= 11 is 0. The van der Waals surface area contributed by atoms with Crippen LogP contribution >= 0.6 is 0 Å². The summed E-state index contributed by atoms with van der Waals surface area (Å²) in [6.45, 7) is 2.19. The standard InChI is InChI=1S/C24H25N3O2/c1-18-6-5-9-22(16-18)25-17-24(29)27-21-13-11-20(12-14-21)26-23(28)15-10-19-7-3-2-4-8-19/h2-9,11-14,16,25H,10,15,17H2,1H3,(H,26,28)(H,27,29). The second-order valence-electron chi connectivity index (χ2n) is 6.88. The fraction of sp³-hybridized carbons (Fsp3) is 0.167. The Bertz CT molecular complexity index is 953. The summed E-state index contributed by atoms with van der Waals surface area (Å²) in [6, 6.07) is 24.9. The Balaban J connectivity index is 1.43. The second kappa shape index (κ2) is 10.1. The lowest BCUT2D eigenvalue weighted by Crippen LogP contribution is -2.21. The van der Waals surface area contributed by atoms with Gasteiger partial charge in [0.1, 0.15) is 0 Å². The number of carbonyl (C=O) groups excluding carboxylic acids is 2. The number of carbonyl (C=O) groups is 2. The number of hydrogen-bond acceptors (Lipinski definition) is 3. The molecular weight excluding hydrogens is 362 g/mol. The number of benzene rings is 3. The van der Waals surface area contributed by atoms with Crippen LogP contribution in [0.2, 0.25) is 0 Å². The molecule has 2 amide bonds. The molecular formula is C24H25N3O2. The first-order valence-electron chi connectivity index (χ1n) is 9.63. The quantitative estimate of drug-likeness (QED) is 0.528. The third kappa shape index (κ3) is 6.81. The lowest BCUT2D eigenvalue weighted by atomic mass is 10.1. The molecule has 5 nitrogen and oxygen atoms in total. The van der Waals surface area contributed by atoms with Crippen LogP contribution in [0.3, 0.4) is 0 Å². The molecule has 0 radical (unpaired) electrons. The summed E-state index contributed by atoms with van der Waals surface area (Å²) in [4.78, 5) is 24.2. The van der Waals surface area contributed by atoms with Crippen LogP contribution in [0.1, 0.15) is 17.5 Å². The van der Waals surface area contributed by atoms with E-state index in [1.54, 1.807) is 24.3 Å². The number of hydrogen-bond donors (Lipinski definition) is 3. The van der Waals surface area contributed by atoms with E-state index in [-0.39, 0.29) is 18.4 Å². The van der Waals surface area contributed by atoms with Crippen LogP contribution in [0.15, 0.2) is 78.9 Å². The molecule has 0 spiro atoms. The SMILES string of the molecule is Cc1cccc(NCC(=O)Nc2ccc(NC(=O)CCc3ccccc3)cc2)c1. The molecule has 3 aromatic carbocycles. The van der Waals surface area contributed by atoms with Crippen molar-refractivity contribution in [3.05, 3.63) is 90.0 Å². The van der Waals surface area contributed by atoms with Crippen molar-refractivity contribution in [3.8, 4) is 0 Å². The minimum absolute atomic E-state index is 0.0343. The van der Waals surface area contributed by atoms with Gasteiger partial charge >= 0.3 is 0 Å². The highest BCUT2D eigenvalue weighted by Gasteiger charge is 2.05. The van der Waals surface area contributed by atoms with E-state index in [1.165, 1.54) is 0 Å². The van der Waals surface area contributed by atoms with Gasteiger partial charge in [-0.25, -0.2) is 0 Å². The minimum Gasteiger partial charge on any atom is -0.376 e. The van der Waals surface area contributed by atoms with Crippen LogP contribution in [-0.4, -0.2) is 18.4 Å². The summed E-state index contributed by atoms with van der Waals surface area (Å²) in [5, 5.41) is 8.82. The third-order valence-electron chi connectivity index (χ3n) is 4.41. The molecule has 0 unspecified atom stereocenters. The van der Waals surface area contributed by atoms with E-state index in [1.807, 2.05) is 61.5 Å². The van der Waals surface area contributed by atoms with Crippen LogP contribution in [0, 0.1) is 6.92 Å². The smallest absolute Gasteiger partial charge is 0.243 e. The molecule has 3 N–H and O–H groups in total. The molecule has 3 rings (SSSR count). The molecule has 0 atom stereocenters. The maximum absolute atomic E-state index is 12.1. The lowest BCUT2D eigenvalue weighted by Gasteiger charge is -2.10. The van der Waals surface area contributed by atoms with Crippen LogP contribution in [0.4, 0.5) is 17.1 Å². The Kier molecular flexibility index (Phi) is 7.00. The van der Waals surface area contributed by atoms with Gasteiger partial charge in [0.15, 0.2) is 0 Å². The Morgan fingerprint density at radius 2 is 1.38 bits per heavy atom. The van der Waals surface area contributed by atoms with Gasteiger partial charge in [0.05, 0.1) is 6.54 Å². The maximum Gasteiger partial charge on any atom is 0.243 e. The van der Waals surface area contributed by atoms with Crippen LogP contribution in [-0.2, 0) is 16.0 Å². The molecule has 0 aliphatic heterocycles. The summed E-state index contributed by atoms with van der Waals surface area (Å²) in [7, 11) is 0. The van der Waals surface area contributed by atoms with E-state index < -0.39 is 0 Å². The Morgan fingerprint density at radius 3 is 2.03 bits per heavy atom. The van der Waals surface area contributed by atoms with Gasteiger partial charge in [0, 0.05) is 23.5 Å². The summed E-state index contributed by atoms with van der Waals surface area (Å²) in [6.07, 6.45) is 1.13. The number of nitrogens with one attached hydrogen (secondary N) is 3. The van der Waals surface area contributed by atoms with Crippen molar-refractivity contribution in [1.82, 2.24) is 0 Å². The number of anilines is 3. The van der Waals surface area contributed by atoms with E-state index >= 15 is 0 Å². The lowest BCUT2D eigenvalue weighted by molar-refractivity contribution is -0.116. The van der Waals surface area contributed by atoms with Gasteiger partial charge in [-0.2, -0.15) is 0 Å². The van der Waals surface area contributed by atoms with E-state index in [9.17, 15) is 9.59 Å². The monoisotopic (exact) mass is 387 g/mol. The molecule has 5 heteroatoms. The van der Waals surface area contributed by atoms with Crippen LogP contribution in [0.5, 0.6) is 0 Å². The summed E-state index contributed by atoms with van der Waals surface area (Å²) in [5.74, 6) is -0.167. The zero-order valence-electron chi connectivity index (χ0n) is 16.4. The van der Waals surface area contributed by atoms with Gasteiger partial charge < -0.3 is 16.0 Å². The molecule has 0 saturated heterocycles.